The van der Waals surface area contributed by atoms with Crippen LogP contribution in [-0.4, -0.2) is 64.2 Å². The Morgan fingerprint density at radius 3 is 2.40 bits per heavy atom. The van der Waals surface area contributed by atoms with Crippen LogP contribution in [0.3, 0.4) is 0 Å². The lowest BCUT2D eigenvalue weighted by molar-refractivity contribution is -0.119. The van der Waals surface area contributed by atoms with E-state index in [9.17, 15) is 9.59 Å². The molecular weight excluding hydrogens is 682 g/mol. The van der Waals surface area contributed by atoms with Crippen LogP contribution >= 0.6 is 0 Å². The molecule has 6 rings (SSSR count). The molecule has 0 saturated heterocycles. The standard InChI is InChI=1S/C38H50FN7O5Si/c1-24-32(25(2)46(43-24)23-50-20-21-52(3,4)5)29-17-18-31(40-36(29)39)41-38(48)35(33(27-13-14-27)28-15-16-28)42-37(47)34-30(44-51-45-34)12-9-19-49-22-26-10-7-6-8-11-26/h6-8,10-11,17-18,27-28,33,35H,9,12-16,19-23H2,1-5H3,(H,42,47)(H,40,41,48)/t35-/m0/s1. The third kappa shape index (κ3) is 9.78. The van der Waals surface area contributed by atoms with Crippen LogP contribution in [0.5, 0.6) is 0 Å². The van der Waals surface area contributed by atoms with Crippen molar-refractivity contribution < 1.29 is 28.1 Å². The summed E-state index contributed by atoms with van der Waals surface area (Å²) in [5.41, 5.74) is 3.89. The fourth-order valence-electron chi connectivity index (χ4n) is 6.72. The van der Waals surface area contributed by atoms with Gasteiger partial charge < -0.3 is 20.1 Å². The molecular formula is C38H50FN7O5Si. The van der Waals surface area contributed by atoms with Crippen molar-refractivity contribution in [1.82, 2.24) is 30.4 Å². The average Bonchev–Trinajstić information content (AvgIpc) is 4.05. The molecule has 52 heavy (non-hydrogen) atoms. The van der Waals surface area contributed by atoms with Gasteiger partial charge in [0.15, 0.2) is 5.69 Å². The fourth-order valence-corrected chi connectivity index (χ4v) is 7.48. The highest BCUT2D eigenvalue weighted by Gasteiger charge is 2.48. The first-order chi connectivity index (χ1) is 25.0. The molecule has 4 aromatic rings. The normalized spacial score (nSPS) is 15.2. The summed E-state index contributed by atoms with van der Waals surface area (Å²) in [6.45, 7) is 12.5. The number of benzene rings is 1. The van der Waals surface area contributed by atoms with E-state index in [4.69, 9.17) is 14.1 Å². The number of carbonyl (C=O) groups is 2. The monoisotopic (exact) mass is 731 g/mol. The van der Waals surface area contributed by atoms with Crippen molar-refractivity contribution >= 4 is 25.7 Å². The Hall–Kier alpha value is -4.27. The van der Waals surface area contributed by atoms with E-state index < -0.39 is 31.9 Å². The second-order valence-electron chi connectivity index (χ2n) is 15.3. The summed E-state index contributed by atoms with van der Waals surface area (Å²) in [5, 5.41) is 18.2. The topological polar surface area (TPSA) is 146 Å². The molecule has 0 aliphatic heterocycles. The van der Waals surface area contributed by atoms with Gasteiger partial charge in [-0.3, -0.25) is 9.59 Å². The molecule has 3 aromatic heterocycles. The zero-order valence-corrected chi connectivity index (χ0v) is 31.8. The number of rotatable bonds is 19. The first kappa shape index (κ1) is 37.5. The van der Waals surface area contributed by atoms with Crippen LogP contribution in [0.2, 0.25) is 25.7 Å². The predicted molar refractivity (Wildman–Crippen MR) is 197 cm³/mol. The zero-order valence-electron chi connectivity index (χ0n) is 30.8. The quantitative estimate of drug-likeness (QED) is 0.0610. The minimum Gasteiger partial charge on any atom is -0.377 e. The maximum absolute atomic E-state index is 15.7. The van der Waals surface area contributed by atoms with E-state index in [1.54, 1.807) is 16.8 Å². The van der Waals surface area contributed by atoms with Gasteiger partial charge in [-0.15, -0.1) is 0 Å². The summed E-state index contributed by atoms with van der Waals surface area (Å²) in [5.74, 6) is -1.03. The molecule has 0 radical (unpaired) electrons. The van der Waals surface area contributed by atoms with E-state index in [1.807, 2.05) is 44.2 Å². The van der Waals surface area contributed by atoms with Gasteiger partial charge in [0.25, 0.3) is 5.91 Å². The van der Waals surface area contributed by atoms with E-state index >= 15 is 4.39 Å². The number of carbonyl (C=O) groups excluding carboxylic acids is 2. The summed E-state index contributed by atoms with van der Waals surface area (Å²) >= 11 is 0. The molecule has 0 bridgehead atoms. The molecule has 1 atom stereocenters. The number of aryl methyl sites for hydroxylation is 2. The predicted octanol–water partition coefficient (Wildman–Crippen LogP) is 6.72. The summed E-state index contributed by atoms with van der Waals surface area (Å²) in [7, 11) is -1.23. The number of pyridine rings is 1. The highest BCUT2D eigenvalue weighted by atomic mass is 28.3. The SMILES string of the molecule is Cc1nn(COCC[Si](C)(C)C)c(C)c1-c1ccc(NC(=O)[C@@H](NC(=O)c2nonc2CCCOCc2ccccc2)C(C2CC2)C2CC2)nc1F. The van der Waals surface area contributed by atoms with Gasteiger partial charge in [-0.05, 0) is 99.0 Å². The Kier molecular flexibility index (Phi) is 12.0. The smallest absolute Gasteiger partial charge is 0.276 e. The molecule has 0 spiro atoms. The van der Waals surface area contributed by atoms with E-state index in [0.29, 0.717) is 61.4 Å². The number of amides is 2. The number of nitrogens with zero attached hydrogens (tertiary/aromatic N) is 5. The lowest BCUT2D eigenvalue weighted by Crippen LogP contribution is -2.50. The van der Waals surface area contributed by atoms with Crippen molar-refractivity contribution in [3.8, 4) is 11.1 Å². The summed E-state index contributed by atoms with van der Waals surface area (Å²) in [6.07, 6.45) is 5.02. The summed E-state index contributed by atoms with van der Waals surface area (Å²) < 4.78 is 34.0. The van der Waals surface area contributed by atoms with Gasteiger partial charge in [0.2, 0.25) is 11.9 Å². The van der Waals surface area contributed by atoms with Crippen LogP contribution in [0.1, 0.15) is 65.2 Å². The minimum absolute atomic E-state index is 0.0486. The Labute approximate surface area is 305 Å². The Balaban J connectivity index is 1.10. The van der Waals surface area contributed by atoms with Gasteiger partial charge in [-0.2, -0.15) is 9.49 Å². The molecule has 14 heteroatoms. The molecule has 2 aliphatic rings. The van der Waals surface area contributed by atoms with Crippen LogP contribution in [0.4, 0.5) is 10.2 Å². The first-order valence-electron chi connectivity index (χ1n) is 18.3. The molecule has 2 fully saturated rings. The number of hydrogen-bond donors (Lipinski definition) is 2. The molecule has 2 saturated carbocycles. The van der Waals surface area contributed by atoms with Crippen molar-refractivity contribution in [2.75, 3.05) is 18.5 Å². The number of halogens is 1. The number of hydrogen-bond acceptors (Lipinski definition) is 9. The average molecular weight is 732 g/mol. The van der Waals surface area contributed by atoms with E-state index in [2.05, 4.69) is 50.7 Å². The van der Waals surface area contributed by atoms with Crippen LogP contribution < -0.4 is 10.6 Å². The first-order valence-corrected chi connectivity index (χ1v) is 22.0. The minimum atomic E-state index is -1.23. The van der Waals surface area contributed by atoms with Crippen molar-refractivity contribution in [2.45, 2.75) is 97.4 Å². The van der Waals surface area contributed by atoms with Crippen LogP contribution in [-0.2, 0) is 34.0 Å². The third-order valence-corrected chi connectivity index (χ3v) is 11.5. The maximum Gasteiger partial charge on any atom is 0.276 e. The Morgan fingerprint density at radius 1 is 1.00 bits per heavy atom. The zero-order chi connectivity index (χ0) is 36.8. The molecule has 1 aromatic carbocycles. The second-order valence-corrected chi connectivity index (χ2v) is 20.9. The molecule has 278 valence electrons. The van der Waals surface area contributed by atoms with Crippen molar-refractivity contribution in [3.63, 3.8) is 0 Å². The third-order valence-electron chi connectivity index (χ3n) is 9.83. The van der Waals surface area contributed by atoms with Gasteiger partial charge in [0.1, 0.15) is 24.3 Å². The van der Waals surface area contributed by atoms with Crippen LogP contribution in [0.15, 0.2) is 47.1 Å². The lowest BCUT2D eigenvalue weighted by Gasteiger charge is -2.27. The molecule has 2 N–H and O–H groups in total. The van der Waals surface area contributed by atoms with Crippen LogP contribution in [0.25, 0.3) is 11.1 Å². The molecule has 2 aliphatic carbocycles. The highest BCUT2D eigenvalue weighted by molar-refractivity contribution is 6.76. The lowest BCUT2D eigenvalue weighted by atomic mass is 9.88. The van der Waals surface area contributed by atoms with Crippen molar-refractivity contribution in [2.24, 2.45) is 17.8 Å². The largest absolute Gasteiger partial charge is 0.377 e. The summed E-state index contributed by atoms with van der Waals surface area (Å²) in [6, 6.07) is 13.3. The molecule has 0 unspecified atom stereocenters. The van der Waals surface area contributed by atoms with Gasteiger partial charge in [-0.1, -0.05) is 55.1 Å². The summed E-state index contributed by atoms with van der Waals surface area (Å²) in [4.78, 5) is 31.7. The number of ether oxygens (including phenoxy) is 2. The molecule has 2 amide bonds. The van der Waals surface area contributed by atoms with Crippen molar-refractivity contribution in [1.29, 1.82) is 0 Å². The van der Waals surface area contributed by atoms with E-state index in [0.717, 1.165) is 43.0 Å². The molecule has 12 nitrogen and oxygen atoms in total. The Bertz CT molecular complexity index is 1820. The number of nitrogens with one attached hydrogen (secondary N) is 2. The highest BCUT2D eigenvalue weighted by Crippen LogP contribution is 2.51. The van der Waals surface area contributed by atoms with Crippen molar-refractivity contribution in [3.05, 3.63) is 76.8 Å². The van der Waals surface area contributed by atoms with Gasteiger partial charge in [-0.25, -0.2) is 14.3 Å². The Morgan fingerprint density at radius 2 is 1.73 bits per heavy atom. The number of aromatic nitrogens is 5. The van der Waals surface area contributed by atoms with E-state index in [-0.39, 0.29) is 29.7 Å². The van der Waals surface area contributed by atoms with Gasteiger partial charge in [0.05, 0.1) is 12.3 Å². The number of anilines is 1. The maximum atomic E-state index is 15.7. The van der Waals surface area contributed by atoms with Gasteiger partial charge in [0, 0.05) is 38.1 Å². The molecule has 3 heterocycles. The second kappa shape index (κ2) is 16.6. The van der Waals surface area contributed by atoms with E-state index in [1.165, 1.54) is 0 Å². The fraction of sp³-hybridized carbons (Fsp3) is 0.526. The van der Waals surface area contributed by atoms with Crippen LogP contribution in [0, 0.1) is 37.5 Å². The van der Waals surface area contributed by atoms with Gasteiger partial charge >= 0.3 is 0 Å².